The van der Waals surface area contributed by atoms with Gasteiger partial charge in [0.25, 0.3) is 0 Å². The third-order valence-corrected chi connectivity index (χ3v) is 7.64. The minimum atomic E-state index is 0.0424. The van der Waals surface area contributed by atoms with Crippen LogP contribution in [-0.4, -0.2) is 12.0 Å². The number of benzene rings is 3. The number of nitrogens with one attached hydrogen (secondary N) is 1. The third kappa shape index (κ3) is 6.33. The number of carbonyl (C=O) groups excluding carboxylic acids is 1. The molecule has 1 atom stereocenters. The van der Waals surface area contributed by atoms with Gasteiger partial charge in [-0.3, -0.25) is 4.79 Å². The molecule has 1 amide bonds. The van der Waals surface area contributed by atoms with Gasteiger partial charge in [-0.1, -0.05) is 67.6 Å². The van der Waals surface area contributed by atoms with Crippen LogP contribution >= 0.6 is 11.8 Å². The Hall–Kier alpha value is -3.18. The highest BCUT2D eigenvalue weighted by atomic mass is 32.2. The van der Waals surface area contributed by atoms with E-state index in [1.165, 1.54) is 27.8 Å². The molecule has 0 fully saturated rings. The van der Waals surface area contributed by atoms with E-state index in [2.05, 4.69) is 62.5 Å². The molecule has 3 aromatic rings. The molecule has 1 aliphatic carbocycles. The van der Waals surface area contributed by atoms with Crippen LogP contribution in [0.2, 0.25) is 0 Å². The van der Waals surface area contributed by atoms with E-state index in [-0.39, 0.29) is 18.1 Å². The predicted octanol–water partition coefficient (Wildman–Crippen LogP) is 6.57. The highest BCUT2D eigenvalue weighted by Crippen LogP contribution is 2.40. The van der Waals surface area contributed by atoms with Crippen LogP contribution in [-0.2, 0) is 29.8 Å². The Kier molecular flexibility index (Phi) is 8.76. The van der Waals surface area contributed by atoms with E-state index in [1.54, 1.807) is 18.0 Å². The first-order chi connectivity index (χ1) is 17.5. The van der Waals surface area contributed by atoms with Gasteiger partial charge in [0, 0.05) is 16.9 Å². The summed E-state index contributed by atoms with van der Waals surface area (Å²) in [7, 11) is 0. The lowest BCUT2D eigenvalue weighted by Gasteiger charge is -2.17. The summed E-state index contributed by atoms with van der Waals surface area (Å²) in [6.07, 6.45) is 5.06. The molecule has 0 spiro atoms. The second kappa shape index (κ2) is 12.2. The first kappa shape index (κ1) is 25.9. The average Bonchev–Trinajstić information content (AvgIpc) is 3.28. The lowest BCUT2D eigenvalue weighted by molar-refractivity contribution is -0.121. The van der Waals surface area contributed by atoms with E-state index in [9.17, 15) is 4.79 Å². The maximum Gasteiger partial charge on any atom is 0.224 e. The van der Waals surface area contributed by atoms with Crippen molar-refractivity contribution >= 4 is 22.6 Å². The standard InChI is InChI=1S/C31H36N2O2S/c1-4-24-17-23(13-16-29(24)35-21(2)3)20-36-30(19-32)27-12-8-11-26-25(27)14-15-28(26)33-31(34)18-22-9-6-5-7-10-22/h5-13,16-17,19,21,28H,4,14-15,18,20,32H2,1-3H3,(H,33,34)/b30-19-. The maximum absolute atomic E-state index is 12.7. The molecule has 0 bridgehead atoms. The molecule has 0 saturated carbocycles. The van der Waals surface area contributed by atoms with Crippen molar-refractivity contribution in [2.45, 2.75) is 64.4 Å². The van der Waals surface area contributed by atoms with Crippen molar-refractivity contribution in [3.8, 4) is 5.75 Å². The first-order valence-corrected chi connectivity index (χ1v) is 13.8. The molecule has 5 heteroatoms. The Morgan fingerprint density at radius 1 is 1.11 bits per heavy atom. The van der Waals surface area contributed by atoms with Gasteiger partial charge in [-0.2, -0.15) is 0 Å². The van der Waals surface area contributed by atoms with Crippen LogP contribution in [0.1, 0.15) is 66.6 Å². The van der Waals surface area contributed by atoms with Crippen molar-refractivity contribution in [2.75, 3.05) is 0 Å². The summed E-state index contributed by atoms with van der Waals surface area (Å²) in [4.78, 5) is 13.8. The number of amides is 1. The summed E-state index contributed by atoms with van der Waals surface area (Å²) in [5.41, 5.74) is 13.3. The number of aryl methyl sites for hydroxylation is 1. The van der Waals surface area contributed by atoms with Crippen LogP contribution in [0.25, 0.3) is 4.91 Å². The molecule has 4 nitrogen and oxygen atoms in total. The van der Waals surface area contributed by atoms with Crippen LogP contribution in [0.15, 0.2) is 72.9 Å². The van der Waals surface area contributed by atoms with Gasteiger partial charge < -0.3 is 15.8 Å². The quantitative estimate of drug-likeness (QED) is 0.330. The van der Waals surface area contributed by atoms with Gasteiger partial charge in [-0.15, -0.1) is 11.8 Å². The Morgan fingerprint density at radius 2 is 1.92 bits per heavy atom. The molecule has 0 radical (unpaired) electrons. The molecule has 3 aromatic carbocycles. The molecule has 0 aromatic heterocycles. The van der Waals surface area contributed by atoms with E-state index in [0.717, 1.165) is 41.2 Å². The van der Waals surface area contributed by atoms with Gasteiger partial charge in [0.1, 0.15) is 5.75 Å². The maximum atomic E-state index is 12.7. The molecule has 1 unspecified atom stereocenters. The van der Waals surface area contributed by atoms with Crippen molar-refractivity contribution in [1.82, 2.24) is 5.32 Å². The van der Waals surface area contributed by atoms with Gasteiger partial charge in [0.05, 0.1) is 18.6 Å². The van der Waals surface area contributed by atoms with Crippen LogP contribution in [0.5, 0.6) is 5.75 Å². The predicted molar refractivity (Wildman–Crippen MR) is 151 cm³/mol. The smallest absolute Gasteiger partial charge is 0.224 e. The van der Waals surface area contributed by atoms with Crippen molar-refractivity contribution in [3.05, 3.63) is 106 Å². The Labute approximate surface area is 219 Å². The minimum absolute atomic E-state index is 0.0424. The van der Waals surface area contributed by atoms with Crippen molar-refractivity contribution in [3.63, 3.8) is 0 Å². The number of thioether (sulfide) groups is 1. The van der Waals surface area contributed by atoms with Crippen molar-refractivity contribution in [1.29, 1.82) is 0 Å². The number of carbonyl (C=O) groups is 1. The molecule has 3 N–H and O–H groups in total. The monoisotopic (exact) mass is 500 g/mol. The average molecular weight is 501 g/mol. The SMILES string of the molecule is CCc1cc(CS/C(=C\N)c2cccc3c2CCC3NC(=O)Cc2ccccc2)ccc1OC(C)C. The summed E-state index contributed by atoms with van der Waals surface area (Å²) in [6.45, 7) is 6.27. The second-order valence-electron chi connectivity index (χ2n) is 9.48. The highest BCUT2D eigenvalue weighted by Gasteiger charge is 2.26. The normalized spacial score (nSPS) is 15.1. The third-order valence-electron chi connectivity index (χ3n) is 6.49. The van der Waals surface area contributed by atoms with E-state index in [0.29, 0.717) is 6.42 Å². The fourth-order valence-corrected chi connectivity index (χ4v) is 5.75. The van der Waals surface area contributed by atoms with Gasteiger partial charge in [-0.05, 0) is 72.6 Å². The van der Waals surface area contributed by atoms with E-state index in [1.807, 2.05) is 30.3 Å². The lowest BCUT2D eigenvalue weighted by atomic mass is 10.0. The van der Waals surface area contributed by atoms with Gasteiger partial charge >= 0.3 is 0 Å². The number of hydrogen-bond acceptors (Lipinski definition) is 4. The van der Waals surface area contributed by atoms with Gasteiger partial charge in [0.2, 0.25) is 5.91 Å². The summed E-state index contributed by atoms with van der Waals surface area (Å²) >= 11 is 1.76. The Balaban J connectivity index is 1.44. The van der Waals surface area contributed by atoms with E-state index in [4.69, 9.17) is 10.5 Å². The number of fused-ring (bicyclic) bond motifs is 1. The molecule has 0 saturated heterocycles. The van der Waals surface area contributed by atoms with Crippen LogP contribution < -0.4 is 15.8 Å². The van der Waals surface area contributed by atoms with Crippen LogP contribution in [0, 0.1) is 0 Å². The number of ether oxygens (including phenoxy) is 1. The Bertz CT molecular complexity index is 1220. The fourth-order valence-electron chi connectivity index (χ4n) is 4.81. The highest BCUT2D eigenvalue weighted by molar-refractivity contribution is 8.07. The van der Waals surface area contributed by atoms with Crippen molar-refractivity contribution in [2.24, 2.45) is 5.73 Å². The zero-order chi connectivity index (χ0) is 25.5. The molecule has 0 aliphatic heterocycles. The molecular formula is C31H36N2O2S. The topological polar surface area (TPSA) is 64.3 Å². The second-order valence-corrected chi connectivity index (χ2v) is 10.5. The molecule has 188 valence electrons. The summed E-state index contributed by atoms with van der Waals surface area (Å²) in [5, 5.41) is 3.25. The zero-order valence-electron chi connectivity index (χ0n) is 21.4. The molecule has 1 aliphatic rings. The van der Waals surface area contributed by atoms with Gasteiger partial charge in [-0.25, -0.2) is 0 Å². The van der Waals surface area contributed by atoms with Crippen LogP contribution in [0.4, 0.5) is 0 Å². The van der Waals surface area contributed by atoms with Crippen molar-refractivity contribution < 1.29 is 9.53 Å². The summed E-state index contributed by atoms with van der Waals surface area (Å²) < 4.78 is 5.96. The fraction of sp³-hybridized carbons (Fsp3) is 0.323. The largest absolute Gasteiger partial charge is 0.491 e. The minimum Gasteiger partial charge on any atom is -0.491 e. The van der Waals surface area contributed by atoms with Crippen LogP contribution in [0.3, 0.4) is 0 Å². The molecule has 4 rings (SSSR count). The summed E-state index contributed by atoms with van der Waals surface area (Å²) in [6, 6.07) is 22.8. The Morgan fingerprint density at radius 3 is 2.64 bits per heavy atom. The molecule has 36 heavy (non-hydrogen) atoms. The number of nitrogens with two attached hydrogens (primary N) is 1. The van der Waals surface area contributed by atoms with E-state index < -0.39 is 0 Å². The first-order valence-electron chi connectivity index (χ1n) is 12.8. The summed E-state index contributed by atoms with van der Waals surface area (Å²) in [5.74, 6) is 1.86. The molecular weight excluding hydrogens is 464 g/mol. The molecule has 0 heterocycles. The zero-order valence-corrected chi connectivity index (χ0v) is 22.2. The van der Waals surface area contributed by atoms with Gasteiger partial charge in [0.15, 0.2) is 0 Å². The lowest BCUT2D eigenvalue weighted by Crippen LogP contribution is -2.28. The number of rotatable bonds is 10. The number of hydrogen-bond donors (Lipinski definition) is 2. The van der Waals surface area contributed by atoms with E-state index >= 15 is 0 Å².